The third kappa shape index (κ3) is 5.84. The third-order valence-corrected chi connectivity index (χ3v) is 3.35. The van der Waals surface area contributed by atoms with Crippen LogP contribution in [0.4, 0.5) is 5.69 Å². The van der Waals surface area contributed by atoms with Gasteiger partial charge in [-0.15, -0.1) is 0 Å². The Hall–Kier alpha value is -2.80. The fourth-order valence-corrected chi connectivity index (χ4v) is 1.85. The molecule has 0 aliphatic heterocycles. The van der Waals surface area contributed by atoms with Crippen LogP contribution in [0.3, 0.4) is 0 Å². The summed E-state index contributed by atoms with van der Waals surface area (Å²) in [6.07, 6.45) is 8.08. The lowest BCUT2D eigenvalue weighted by Crippen LogP contribution is -2.14. The lowest BCUT2D eigenvalue weighted by Gasteiger charge is -2.09. The van der Waals surface area contributed by atoms with Gasteiger partial charge >= 0.3 is 0 Å². The lowest BCUT2D eigenvalue weighted by atomic mass is 10.1. The minimum atomic E-state index is -0.207. The fourth-order valence-electron chi connectivity index (χ4n) is 1.85. The van der Waals surface area contributed by atoms with Crippen LogP contribution in [0, 0.1) is 18.3 Å². The van der Waals surface area contributed by atoms with Crippen LogP contribution in [0.1, 0.15) is 31.4 Å². The number of carbonyl (C=O) groups excluding carboxylic acids is 1. The molecule has 0 fully saturated rings. The quantitative estimate of drug-likeness (QED) is 0.485. The first kappa shape index (κ1) is 18.2. The Balaban J connectivity index is 2.84. The molecule has 0 aromatic heterocycles. The Labute approximate surface area is 137 Å². The van der Waals surface area contributed by atoms with Gasteiger partial charge in [-0.3, -0.25) is 4.79 Å². The van der Waals surface area contributed by atoms with Crippen molar-refractivity contribution in [3.05, 3.63) is 65.0 Å². The topological polar surface area (TPSA) is 62.1 Å². The molecule has 1 aromatic carbocycles. The van der Waals surface area contributed by atoms with Gasteiger partial charge in [0.2, 0.25) is 0 Å². The Kier molecular flexibility index (Phi) is 7.35. The van der Waals surface area contributed by atoms with E-state index in [0.717, 1.165) is 17.6 Å². The highest BCUT2D eigenvalue weighted by atomic mass is 16.5. The first-order chi connectivity index (χ1) is 11.0. The van der Waals surface area contributed by atoms with E-state index in [9.17, 15) is 4.79 Å². The van der Waals surface area contributed by atoms with E-state index in [1.807, 2.05) is 38.1 Å². The molecule has 0 unspecified atom stereocenters. The molecule has 0 spiro atoms. The number of nitrogens with zero attached hydrogens (tertiary/aromatic N) is 1. The molecule has 0 heterocycles. The summed E-state index contributed by atoms with van der Waals surface area (Å²) in [6.45, 7) is 5.57. The molecule has 1 N–H and O–H groups in total. The second kappa shape index (κ2) is 9.26. The minimum Gasteiger partial charge on any atom is -0.505 e. The molecule has 1 rings (SSSR count). The fraction of sp³-hybridized carbons (Fsp3) is 0.263. The SMILES string of the molecule is CO/C=C/CC=C/C(C)=C(\C)C(=O)Nc1cc(C)ccc1C#N. The van der Waals surface area contributed by atoms with Crippen molar-refractivity contribution in [1.82, 2.24) is 0 Å². The molecule has 4 nitrogen and oxygen atoms in total. The second-order valence-electron chi connectivity index (χ2n) is 5.17. The second-order valence-corrected chi connectivity index (χ2v) is 5.17. The molecule has 4 heteroatoms. The number of amides is 1. The van der Waals surface area contributed by atoms with Gasteiger partial charge in [0.05, 0.1) is 24.6 Å². The van der Waals surface area contributed by atoms with Gasteiger partial charge in [0.25, 0.3) is 5.91 Å². The standard InChI is InChI=1S/C19H22N2O2/c1-14-9-10-17(13-20)18(12-14)21-19(22)16(3)15(2)8-6-5-7-11-23-4/h6-12H,5H2,1-4H3,(H,21,22)/b8-6?,11-7+,16-15+. The summed E-state index contributed by atoms with van der Waals surface area (Å²) in [6, 6.07) is 7.43. The molecular weight excluding hydrogens is 288 g/mol. The molecule has 0 atom stereocenters. The molecule has 0 saturated heterocycles. The number of methoxy groups -OCH3 is 1. The number of ether oxygens (including phenoxy) is 1. The maximum atomic E-state index is 12.3. The number of anilines is 1. The average molecular weight is 310 g/mol. The molecule has 0 aliphatic rings. The monoisotopic (exact) mass is 310 g/mol. The number of allylic oxidation sites excluding steroid dienone is 4. The van der Waals surface area contributed by atoms with Crippen molar-refractivity contribution in [2.75, 3.05) is 12.4 Å². The average Bonchev–Trinajstić information content (AvgIpc) is 2.54. The molecule has 0 aliphatic carbocycles. The normalized spacial score (nSPS) is 12.1. The summed E-state index contributed by atoms with van der Waals surface area (Å²) in [5.41, 5.74) is 3.47. The maximum absolute atomic E-state index is 12.3. The van der Waals surface area contributed by atoms with Gasteiger partial charge in [0, 0.05) is 5.57 Å². The van der Waals surface area contributed by atoms with E-state index in [1.165, 1.54) is 0 Å². The highest BCUT2D eigenvalue weighted by Crippen LogP contribution is 2.18. The van der Waals surface area contributed by atoms with E-state index < -0.39 is 0 Å². The van der Waals surface area contributed by atoms with Crippen LogP contribution in [-0.4, -0.2) is 13.0 Å². The number of hydrogen-bond acceptors (Lipinski definition) is 3. The van der Waals surface area contributed by atoms with Crippen molar-refractivity contribution in [3.63, 3.8) is 0 Å². The van der Waals surface area contributed by atoms with Crippen LogP contribution in [0.25, 0.3) is 0 Å². The summed E-state index contributed by atoms with van der Waals surface area (Å²) in [4.78, 5) is 12.3. The van der Waals surface area contributed by atoms with Crippen molar-refractivity contribution >= 4 is 11.6 Å². The number of rotatable bonds is 6. The number of aryl methyl sites for hydroxylation is 1. The Morgan fingerprint density at radius 1 is 1.35 bits per heavy atom. The van der Waals surface area contributed by atoms with E-state index in [1.54, 1.807) is 32.4 Å². The van der Waals surface area contributed by atoms with Gasteiger partial charge in [-0.1, -0.05) is 18.2 Å². The summed E-state index contributed by atoms with van der Waals surface area (Å²) in [5, 5.41) is 11.9. The Morgan fingerprint density at radius 3 is 2.74 bits per heavy atom. The predicted molar refractivity (Wildman–Crippen MR) is 92.8 cm³/mol. The first-order valence-electron chi connectivity index (χ1n) is 7.33. The van der Waals surface area contributed by atoms with Gasteiger partial charge in [-0.05, 0) is 56.5 Å². The number of nitriles is 1. The van der Waals surface area contributed by atoms with E-state index in [4.69, 9.17) is 10.00 Å². The van der Waals surface area contributed by atoms with Crippen LogP contribution < -0.4 is 5.32 Å². The molecule has 120 valence electrons. The molecule has 0 bridgehead atoms. The van der Waals surface area contributed by atoms with E-state index in [2.05, 4.69) is 11.4 Å². The zero-order valence-corrected chi connectivity index (χ0v) is 14.0. The zero-order chi connectivity index (χ0) is 17.2. The maximum Gasteiger partial charge on any atom is 0.251 e. The highest BCUT2D eigenvalue weighted by molar-refractivity contribution is 6.04. The summed E-state index contributed by atoms with van der Waals surface area (Å²) in [7, 11) is 1.60. The zero-order valence-electron chi connectivity index (χ0n) is 14.0. The van der Waals surface area contributed by atoms with Crippen molar-refractivity contribution in [3.8, 4) is 6.07 Å². The van der Waals surface area contributed by atoms with Gasteiger partial charge in [-0.25, -0.2) is 0 Å². The molecule has 1 amide bonds. The van der Waals surface area contributed by atoms with E-state index >= 15 is 0 Å². The lowest BCUT2D eigenvalue weighted by molar-refractivity contribution is -0.112. The highest BCUT2D eigenvalue weighted by Gasteiger charge is 2.10. The third-order valence-electron chi connectivity index (χ3n) is 3.35. The minimum absolute atomic E-state index is 0.207. The van der Waals surface area contributed by atoms with Crippen LogP contribution in [0.15, 0.2) is 53.8 Å². The van der Waals surface area contributed by atoms with Crippen molar-refractivity contribution in [1.29, 1.82) is 5.26 Å². The number of carbonyl (C=O) groups is 1. The molecule has 23 heavy (non-hydrogen) atoms. The van der Waals surface area contributed by atoms with Crippen molar-refractivity contribution in [2.24, 2.45) is 0 Å². The van der Waals surface area contributed by atoms with Crippen LogP contribution in [0.2, 0.25) is 0 Å². The number of benzene rings is 1. The largest absolute Gasteiger partial charge is 0.505 e. The van der Waals surface area contributed by atoms with E-state index in [0.29, 0.717) is 16.8 Å². The summed E-state index contributed by atoms with van der Waals surface area (Å²) >= 11 is 0. The van der Waals surface area contributed by atoms with Crippen molar-refractivity contribution in [2.45, 2.75) is 27.2 Å². The van der Waals surface area contributed by atoms with Gasteiger partial charge in [0.1, 0.15) is 6.07 Å². The molecular formula is C19H22N2O2. The molecule has 0 saturated carbocycles. The Morgan fingerprint density at radius 2 is 2.09 bits per heavy atom. The molecule has 0 radical (unpaired) electrons. The molecule has 1 aromatic rings. The van der Waals surface area contributed by atoms with Gasteiger partial charge < -0.3 is 10.1 Å². The summed E-state index contributed by atoms with van der Waals surface area (Å²) < 4.78 is 4.82. The predicted octanol–water partition coefficient (Wildman–Crippen LogP) is 4.25. The van der Waals surface area contributed by atoms with Gasteiger partial charge in [-0.2, -0.15) is 5.26 Å². The number of nitrogens with one attached hydrogen (secondary N) is 1. The first-order valence-corrected chi connectivity index (χ1v) is 7.33. The number of hydrogen-bond donors (Lipinski definition) is 1. The smallest absolute Gasteiger partial charge is 0.251 e. The van der Waals surface area contributed by atoms with Crippen LogP contribution in [-0.2, 0) is 9.53 Å². The van der Waals surface area contributed by atoms with Crippen LogP contribution in [0.5, 0.6) is 0 Å². The van der Waals surface area contributed by atoms with Crippen LogP contribution >= 0.6 is 0 Å². The van der Waals surface area contributed by atoms with E-state index in [-0.39, 0.29) is 5.91 Å². The summed E-state index contributed by atoms with van der Waals surface area (Å²) in [5.74, 6) is -0.207. The Bertz CT molecular complexity index is 692. The van der Waals surface area contributed by atoms with Gasteiger partial charge in [0.15, 0.2) is 0 Å². The van der Waals surface area contributed by atoms with Crippen molar-refractivity contribution < 1.29 is 9.53 Å².